The molecule has 0 aliphatic heterocycles. The van der Waals surface area contributed by atoms with E-state index >= 15 is 0 Å². The van der Waals surface area contributed by atoms with Gasteiger partial charge in [-0.3, -0.25) is 0 Å². The molecule has 0 bridgehead atoms. The molecule has 1 unspecified atom stereocenters. The predicted molar refractivity (Wildman–Crippen MR) is 82.0 cm³/mol. The molecule has 3 N–H and O–H groups in total. The molecule has 0 fully saturated rings. The van der Waals surface area contributed by atoms with Crippen LogP contribution in [0.25, 0.3) is 0 Å². The second-order valence-electron chi connectivity index (χ2n) is 4.63. The minimum Gasteiger partial charge on any atom is -0.497 e. The molecule has 23 heavy (non-hydrogen) atoms. The van der Waals surface area contributed by atoms with Gasteiger partial charge < -0.3 is 25.0 Å². The molecule has 0 radical (unpaired) electrons. The Labute approximate surface area is 132 Å². The maximum Gasteiger partial charge on any atom is 0.356 e. The fraction of sp³-hybridized carbons (Fsp3) is 0.267. The van der Waals surface area contributed by atoms with Crippen molar-refractivity contribution >= 4 is 11.8 Å². The smallest absolute Gasteiger partial charge is 0.356 e. The van der Waals surface area contributed by atoms with Crippen molar-refractivity contribution in [2.75, 3.05) is 26.1 Å². The number of nitrogens with zero attached hydrogens (tertiary/aromatic N) is 2. The van der Waals surface area contributed by atoms with E-state index < -0.39 is 12.1 Å². The van der Waals surface area contributed by atoms with E-state index in [4.69, 9.17) is 14.6 Å². The fourth-order valence-corrected chi connectivity index (χ4v) is 1.87. The van der Waals surface area contributed by atoms with Crippen LogP contribution >= 0.6 is 0 Å². The van der Waals surface area contributed by atoms with Gasteiger partial charge in [-0.05, 0) is 17.7 Å². The van der Waals surface area contributed by atoms with Crippen LogP contribution in [0.15, 0.2) is 30.6 Å². The number of ether oxygens (including phenoxy) is 2. The number of nitrogens with one attached hydrogen (secondary N) is 1. The van der Waals surface area contributed by atoms with Crippen molar-refractivity contribution in [3.05, 3.63) is 41.9 Å². The van der Waals surface area contributed by atoms with Crippen LogP contribution in [0.2, 0.25) is 0 Å². The summed E-state index contributed by atoms with van der Waals surface area (Å²) in [7, 11) is 3.06. The zero-order valence-corrected chi connectivity index (χ0v) is 12.7. The molecule has 0 amide bonds. The molecule has 8 nitrogen and oxygen atoms in total. The molecule has 1 aromatic heterocycles. The Balaban J connectivity index is 2.04. The number of anilines is 1. The lowest BCUT2D eigenvalue weighted by molar-refractivity contribution is 0.0690. The highest BCUT2D eigenvalue weighted by molar-refractivity contribution is 5.84. The second kappa shape index (κ2) is 7.41. The number of carbonyl (C=O) groups is 1. The van der Waals surface area contributed by atoms with E-state index in [2.05, 4.69) is 15.3 Å². The van der Waals surface area contributed by atoms with Crippen molar-refractivity contribution in [3.63, 3.8) is 0 Å². The van der Waals surface area contributed by atoms with E-state index in [0.717, 1.165) is 6.20 Å². The highest BCUT2D eigenvalue weighted by Gasteiger charge is 2.12. The number of hydrogen-bond donors (Lipinski definition) is 3. The van der Waals surface area contributed by atoms with Crippen molar-refractivity contribution in [1.29, 1.82) is 0 Å². The van der Waals surface area contributed by atoms with Gasteiger partial charge in [0.15, 0.2) is 5.69 Å². The molecule has 122 valence electrons. The number of methoxy groups -OCH3 is 2. The third kappa shape index (κ3) is 4.30. The predicted octanol–water partition coefficient (Wildman–Crippen LogP) is 1.34. The monoisotopic (exact) mass is 319 g/mol. The van der Waals surface area contributed by atoms with Crippen molar-refractivity contribution in [2.24, 2.45) is 0 Å². The highest BCUT2D eigenvalue weighted by Crippen LogP contribution is 2.26. The Morgan fingerprint density at radius 1 is 1.17 bits per heavy atom. The number of carboxylic acids is 1. The van der Waals surface area contributed by atoms with Crippen LogP contribution in [-0.2, 0) is 0 Å². The molecule has 1 aromatic carbocycles. The summed E-state index contributed by atoms with van der Waals surface area (Å²) in [5.74, 6) is 0.365. The van der Waals surface area contributed by atoms with Gasteiger partial charge in [0.05, 0.1) is 32.7 Å². The molecule has 2 rings (SSSR count). The average molecular weight is 319 g/mol. The Morgan fingerprint density at radius 2 is 1.83 bits per heavy atom. The van der Waals surface area contributed by atoms with Gasteiger partial charge >= 0.3 is 5.97 Å². The fourth-order valence-electron chi connectivity index (χ4n) is 1.87. The summed E-state index contributed by atoms with van der Waals surface area (Å²) in [4.78, 5) is 18.4. The van der Waals surface area contributed by atoms with Gasteiger partial charge in [0.1, 0.15) is 17.3 Å². The van der Waals surface area contributed by atoms with E-state index in [1.54, 1.807) is 18.2 Å². The van der Waals surface area contributed by atoms with E-state index in [1.165, 1.54) is 20.4 Å². The Hall–Kier alpha value is -2.87. The Morgan fingerprint density at radius 3 is 2.30 bits per heavy atom. The SMILES string of the molecule is COc1cc(OC)cc(C(O)CNc2cnc(C(=O)O)cn2)c1. The van der Waals surface area contributed by atoms with E-state index in [-0.39, 0.29) is 12.2 Å². The lowest BCUT2D eigenvalue weighted by Gasteiger charge is -2.15. The molecule has 1 atom stereocenters. The molecule has 8 heteroatoms. The highest BCUT2D eigenvalue weighted by atomic mass is 16.5. The van der Waals surface area contributed by atoms with Crippen molar-refractivity contribution in [1.82, 2.24) is 9.97 Å². The van der Waals surface area contributed by atoms with Crippen LogP contribution in [0.5, 0.6) is 11.5 Å². The molecule has 0 saturated carbocycles. The topological polar surface area (TPSA) is 114 Å². The minimum atomic E-state index is -1.15. The van der Waals surface area contributed by atoms with Crippen molar-refractivity contribution in [2.45, 2.75) is 6.10 Å². The number of hydrogen-bond acceptors (Lipinski definition) is 7. The summed E-state index contributed by atoms with van der Waals surface area (Å²) >= 11 is 0. The summed E-state index contributed by atoms with van der Waals surface area (Å²) in [5.41, 5.74) is 0.470. The summed E-state index contributed by atoms with van der Waals surface area (Å²) < 4.78 is 10.3. The molecule has 0 spiro atoms. The molecule has 0 aliphatic carbocycles. The quantitative estimate of drug-likeness (QED) is 0.700. The Kier molecular flexibility index (Phi) is 5.32. The maximum atomic E-state index is 10.7. The summed E-state index contributed by atoms with van der Waals surface area (Å²) in [5, 5.41) is 21.9. The van der Waals surface area contributed by atoms with Crippen LogP contribution in [0.4, 0.5) is 5.82 Å². The van der Waals surface area contributed by atoms with Gasteiger partial charge in [-0.1, -0.05) is 0 Å². The number of aliphatic hydroxyl groups excluding tert-OH is 1. The van der Waals surface area contributed by atoms with Crippen LogP contribution < -0.4 is 14.8 Å². The van der Waals surface area contributed by atoms with Crippen molar-refractivity contribution < 1.29 is 24.5 Å². The number of rotatable bonds is 7. The summed E-state index contributed by atoms with van der Waals surface area (Å²) in [6.07, 6.45) is 1.61. The van der Waals surface area contributed by atoms with Crippen LogP contribution in [0.1, 0.15) is 22.2 Å². The van der Waals surface area contributed by atoms with E-state index in [1.807, 2.05) is 0 Å². The van der Waals surface area contributed by atoms with Crippen LogP contribution in [0.3, 0.4) is 0 Å². The third-order valence-corrected chi connectivity index (χ3v) is 3.11. The molecule has 1 heterocycles. The van der Waals surface area contributed by atoms with Gasteiger partial charge in [-0.25, -0.2) is 14.8 Å². The second-order valence-corrected chi connectivity index (χ2v) is 4.63. The van der Waals surface area contributed by atoms with E-state index in [9.17, 15) is 9.90 Å². The van der Waals surface area contributed by atoms with Gasteiger partial charge in [0, 0.05) is 12.6 Å². The van der Waals surface area contributed by atoms with E-state index in [0.29, 0.717) is 22.9 Å². The van der Waals surface area contributed by atoms with Gasteiger partial charge in [-0.15, -0.1) is 0 Å². The first-order chi connectivity index (χ1) is 11.0. The lowest BCUT2D eigenvalue weighted by Crippen LogP contribution is -2.14. The molecular formula is C15H17N3O5. The minimum absolute atomic E-state index is 0.145. The standard InChI is InChI=1S/C15H17N3O5/c1-22-10-3-9(4-11(5-10)23-2)13(19)7-18-14-8-16-12(6-17-14)15(20)21/h3-6,8,13,19H,7H2,1-2H3,(H,17,18)(H,20,21). The normalized spacial score (nSPS) is 11.6. The molecule has 0 saturated heterocycles. The zero-order valence-electron chi connectivity index (χ0n) is 12.7. The summed E-state index contributed by atoms with van der Waals surface area (Å²) in [6, 6.07) is 5.11. The maximum absolute atomic E-state index is 10.7. The molecule has 0 aliphatic rings. The van der Waals surface area contributed by atoms with Gasteiger partial charge in [0.2, 0.25) is 0 Å². The first kappa shape index (κ1) is 16.5. The van der Waals surface area contributed by atoms with Crippen LogP contribution in [-0.4, -0.2) is 46.9 Å². The molecular weight excluding hydrogens is 302 g/mol. The van der Waals surface area contributed by atoms with Gasteiger partial charge in [-0.2, -0.15) is 0 Å². The summed E-state index contributed by atoms with van der Waals surface area (Å²) in [6.45, 7) is 0.164. The largest absolute Gasteiger partial charge is 0.497 e. The van der Waals surface area contributed by atoms with Gasteiger partial charge in [0.25, 0.3) is 0 Å². The number of aromatic nitrogens is 2. The molecule has 2 aromatic rings. The number of aliphatic hydroxyl groups is 1. The van der Waals surface area contributed by atoms with Crippen molar-refractivity contribution in [3.8, 4) is 11.5 Å². The van der Waals surface area contributed by atoms with Crippen LogP contribution in [0, 0.1) is 0 Å². The average Bonchev–Trinajstić information content (AvgIpc) is 2.59. The number of benzene rings is 1. The zero-order chi connectivity index (χ0) is 16.8. The first-order valence-electron chi connectivity index (χ1n) is 6.73. The lowest BCUT2D eigenvalue weighted by atomic mass is 10.1. The first-order valence-corrected chi connectivity index (χ1v) is 6.73. The third-order valence-electron chi connectivity index (χ3n) is 3.11. The number of carboxylic acid groups (broad SMARTS) is 1. The Bertz CT molecular complexity index is 653. The number of aromatic carboxylic acids is 1.